The fourth-order valence-electron chi connectivity index (χ4n) is 5.97. The fourth-order valence-corrected chi connectivity index (χ4v) is 7.04. The van der Waals surface area contributed by atoms with Gasteiger partial charge in [-0.3, -0.25) is 9.36 Å². The van der Waals surface area contributed by atoms with Crippen molar-refractivity contribution in [1.29, 1.82) is 0 Å². The average Bonchev–Trinajstić information content (AvgIpc) is 2.91. The molecule has 0 N–H and O–H groups in total. The molecule has 36 heavy (non-hydrogen) atoms. The summed E-state index contributed by atoms with van der Waals surface area (Å²) in [6, 6.07) is 26.7. The second kappa shape index (κ2) is 9.91. The monoisotopic (exact) mass is 512 g/mol. The molecule has 3 aromatic carbocycles. The third-order valence-corrected chi connectivity index (χ3v) is 9.04. The van der Waals surface area contributed by atoms with Crippen LogP contribution < -0.4 is 5.56 Å². The molecule has 2 aliphatic carbocycles. The molecule has 0 saturated heterocycles. The Morgan fingerprint density at radius 2 is 1.58 bits per heavy atom. The average molecular weight is 513 g/mol. The molecule has 1 spiro atoms. The van der Waals surface area contributed by atoms with Gasteiger partial charge in [0.25, 0.3) is 5.56 Å². The van der Waals surface area contributed by atoms with Crippen LogP contribution in [0.15, 0.2) is 88.8 Å². The van der Waals surface area contributed by atoms with Crippen molar-refractivity contribution in [2.45, 2.75) is 61.4 Å². The van der Waals surface area contributed by atoms with Gasteiger partial charge >= 0.3 is 0 Å². The minimum absolute atomic E-state index is 0.107. The van der Waals surface area contributed by atoms with Crippen LogP contribution in [0.2, 0.25) is 5.02 Å². The zero-order valence-electron chi connectivity index (χ0n) is 20.3. The summed E-state index contributed by atoms with van der Waals surface area (Å²) in [7, 11) is 0. The molecule has 1 saturated carbocycles. The van der Waals surface area contributed by atoms with Crippen molar-refractivity contribution in [3.63, 3.8) is 0 Å². The van der Waals surface area contributed by atoms with Crippen LogP contribution in [-0.2, 0) is 24.1 Å². The van der Waals surface area contributed by atoms with E-state index in [0.717, 1.165) is 63.1 Å². The van der Waals surface area contributed by atoms with Crippen molar-refractivity contribution in [3.05, 3.63) is 116 Å². The molecule has 182 valence electrons. The Kier molecular flexibility index (Phi) is 6.49. The predicted octanol–water partition coefficient (Wildman–Crippen LogP) is 7.66. The molecule has 5 heteroatoms. The minimum Gasteiger partial charge on any atom is -0.283 e. The van der Waals surface area contributed by atoms with Crippen molar-refractivity contribution in [2.75, 3.05) is 0 Å². The van der Waals surface area contributed by atoms with Crippen molar-refractivity contribution >= 4 is 23.4 Å². The molecule has 1 fully saturated rings. The first kappa shape index (κ1) is 23.6. The normalized spacial score (nSPS) is 15.9. The molecule has 0 unspecified atom stereocenters. The van der Waals surface area contributed by atoms with Gasteiger partial charge in [0, 0.05) is 21.8 Å². The van der Waals surface area contributed by atoms with E-state index in [9.17, 15) is 4.79 Å². The first-order chi connectivity index (χ1) is 17.6. The van der Waals surface area contributed by atoms with Gasteiger partial charge in [-0.05, 0) is 48.1 Å². The van der Waals surface area contributed by atoms with E-state index in [1.54, 1.807) is 11.8 Å². The van der Waals surface area contributed by atoms with E-state index in [0.29, 0.717) is 6.54 Å². The summed E-state index contributed by atoms with van der Waals surface area (Å²) in [5.41, 5.74) is 6.62. The Balaban J connectivity index is 1.52. The van der Waals surface area contributed by atoms with Gasteiger partial charge in [0.15, 0.2) is 5.16 Å². The van der Waals surface area contributed by atoms with E-state index >= 15 is 0 Å². The lowest BCUT2D eigenvalue weighted by molar-refractivity contribution is 0.282. The topological polar surface area (TPSA) is 34.9 Å². The van der Waals surface area contributed by atoms with Gasteiger partial charge in [-0.1, -0.05) is 109 Å². The molecule has 0 amide bonds. The third-order valence-electron chi connectivity index (χ3n) is 7.74. The van der Waals surface area contributed by atoms with Crippen LogP contribution in [0.3, 0.4) is 0 Å². The van der Waals surface area contributed by atoms with Crippen molar-refractivity contribution in [3.8, 4) is 11.3 Å². The van der Waals surface area contributed by atoms with E-state index in [4.69, 9.17) is 16.6 Å². The lowest BCUT2D eigenvalue weighted by Crippen LogP contribution is -2.43. The van der Waals surface area contributed by atoms with Crippen LogP contribution in [0, 0.1) is 0 Å². The number of aromatic nitrogens is 2. The van der Waals surface area contributed by atoms with Gasteiger partial charge in [-0.25, -0.2) is 4.98 Å². The minimum atomic E-state index is -0.107. The number of rotatable bonds is 5. The highest BCUT2D eigenvalue weighted by molar-refractivity contribution is 7.98. The molecule has 3 nitrogen and oxygen atoms in total. The molecule has 6 rings (SSSR count). The van der Waals surface area contributed by atoms with E-state index < -0.39 is 0 Å². The van der Waals surface area contributed by atoms with Gasteiger partial charge in [0.05, 0.1) is 17.8 Å². The van der Waals surface area contributed by atoms with Crippen LogP contribution in [0.4, 0.5) is 0 Å². The summed E-state index contributed by atoms with van der Waals surface area (Å²) in [5.74, 6) is 0.726. The maximum Gasteiger partial charge on any atom is 0.258 e. The Morgan fingerprint density at radius 1 is 0.861 bits per heavy atom. The highest BCUT2D eigenvalue weighted by atomic mass is 35.5. The maximum absolute atomic E-state index is 14.5. The Bertz CT molecular complexity index is 1440. The standard InChI is InChI=1S/C31H29ClN2OS/c32-25-15-13-23(14-16-25)21-36-30-33-28-26-12-6-5-11-24(26)19-31(17-7-2-8-18-31)27(28)29(35)34(30)20-22-9-3-1-4-10-22/h1,3-6,9-16H,2,7-8,17-21H2. The lowest BCUT2D eigenvalue weighted by Gasteiger charge is -2.42. The molecular weight excluding hydrogens is 484 g/mol. The van der Waals surface area contributed by atoms with Crippen LogP contribution in [0.1, 0.15) is 54.4 Å². The summed E-state index contributed by atoms with van der Waals surface area (Å²) in [4.78, 5) is 19.8. The number of halogens is 1. The van der Waals surface area contributed by atoms with E-state index in [1.165, 1.54) is 24.8 Å². The fraction of sp³-hybridized carbons (Fsp3) is 0.290. The Hall–Kier alpha value is -2.82. The third kappa shape index (κ3) is 4.42. The van der Waals surface area contributed by atoms with Crippen LogP contribution in [0.25, 0.3) is 11.3 Å². The highest BCUT2D eigenvalue weighted by Crippen LogP contribution is 2.48. The molecule has 2 aliphatic rings. The zero-order chi connectivity index (χ0) is 24.5. The Morgan fingerprint density at radius 3 is 2.36 bits per heavy atom. The number of thioether (sulfide) groups is 1. The molecule has 0 radical (unpaired) electrons. The number of nitrogens with zero attached hydrogens (tertiary/aromatic N) is 2. The predicted molar refractivity (Wildman–Crippen MR) is 149 cm³/mol. The number of fused-ring (bicyclic) bond motifs is 4. The van der Waals surface area contributed by atoms with Crippen molar-refractivity contribution < 1.29 is 0 Å². The molecule has 1 aromatic heterocycles. The largest absolute Gasteiger partial charge is 0.283 e. The zero-order valence-corrected chi connectivity index (χ0v) is 21.8. The van der Waals surface area contributed by atoms with E-state index in [-0.39, 0.29) is 11.0 Å². The van der Waals surface area contributed by atoms with Gasteiger partial charge in [-0.15, -0.1) is 0 Å². The van der Waals surface area contributed by atoms with Gasteiger partial charge in [0.2, 0.25) is 0 Å². The number of hydrogen-bond donors (Lipinski definition) is 0. The first-order valence-corrected chi connectivity index (χ1v) is 14.1. The molecular formula is C31H29ClN2OS. The molecule has 0 aliphatic heterocycles. The Labute approximate surface area is 221 Å². The summed E-state index contributed by atoms with van der Waals surface area (Å²) in [5, 5.41) is 1.51. The molecule has 4 aromatic rings. The second-order valence-electron chi connectivity index (χ2n) is 10.1. The summed E-state index contributed by atoms with van der Waals surface area (Å²) >= 11 is 7.73. The molecule has 0 bridgehead atoms. The number of benzene rings is 3. The highest BCUT2D eigenvalue weighted by Gasteiger charge is 2.43. The van der Waals surface area contributed by atoms with Crippen LogP contribution >= 0.6 is 23.4 Å². The quantitative estimate of drug-likeness (QED) is 0.203. The molecule has 1 heterocycles. The van der Waals surface area contributed by atoms with Gasteiger partial charge < -0.3 is 0 Å². The molecule has 0 atom stereocenters. The smallest absolute Gasteiger partial charge is 0.258 e. The van der Waals surface area contributed by atoms with Crippen LogP contribution in [-0.4, -0.2) is 9.55 Å². The van der Waals surface area contributed by atoms with Gasteiger partial charge in [0.1, 0.15) is 0 Å². The van der Waals surface area contributed by atoms with Crippen molar-refractivity contribution in [2.24, 2.45) is 0 Å². The number of hydrogen-bond acceptors (Lipinski definition) is 3. The lowest BCUT2D eigenvalue weighted by atomic mass is 9.62. The second-order valence-corrected chi connectivity index (χ2v) is 11.5. The summed E-state index contributed by atoms with van der Waals surface area (Å²) < 4.78 is 1.93. The first-order valence-electron chi connectivity index (χ1n) is 12.8. The van der Waals surface area contributed by atoms with E-state index in [2.05, 4.69) is 36.4 Å². The van der Waals surface area contributed by atoms with Crippen LogP contribution in [0.5, 0.6) is 0 Å². The van der Waals surface area contributed by atoms with E-state index in [1.807, 2.05) is 47.0 Å². The summed E-state index contributed by atoms with van der Waals surface area (Å²) in [6.45, 7) is 0.528. The SMILES string of the molecule is O=c1c2c(nc(SCc3ccc(Cl)cc3)n1Cc1ccccc1)-c1ccccc1CC21CCCCC1. The summed E-state index contributed by atoms with van der Waals surface area (Å²) in [6.07, 6.45) is 6.66. The van der Waals surface area contributed by atoms with Gasteiger partial charge in [-0.2, -0.15) is 0 Å². The maximum atomic E-state index is 14.5. The van der Waals surface area contributed by atoms with Crippen molar-refractivity contribution in [1.82, 2.24) is 9.55 Å².